The van der Waals surface area contributed by atoms with Gasteiger partial charge in [-0.2, -0.15) is 0 Å². The Labute approximate surface area is 139 Å². The molecule has 1 heteroatoms. The van der Waals surface area contributed by atoms with Gasteiger partial charge >= 0.3 is 0 Å². The molecule has 1 nitrogen and oxygen atoms in total. The van der Waals surface area contributed by atoms with Gasteiger partial charge in [0.05, 0.1) is 18.1 Å². The molecule has 0 amide bonds. The molecule has 0 saturated heterocycles. The van der Waals surface area contributed by atoms with E-state index in [9.17, 15) is 0 Å². The first kappa shape index (κ1) is 19.2. The van der Waals surface area contributed by atoms with Crippen molar-refractivity contribution in [3.8, 4) is 0 Å². The minimum absolute atomic E-state index is 0.0807. The molecule has 0 fully saturated rings. The molecule has 1 rings (SSSR count). The predicted octanol–water partition coefficient (Wildman–Crippen LogP) is 6.09. The average Bonchev–Trinajstić information content (AvgIpc) is 2.37. The highest BCUT2D eigenvalue weighted by molar-refractivity contribution is 5.34. The van der Waals surface area contributed by atoms with E-state index in [0.29, 0.717) is 24.0 Å². The molecule has 0 aliphatic rings. The maximum Gasteiger partial charge on any atom is 0.120 e. The highest BCUT2D eigenvalue weighted by Crippen LogP contribution is 2.44. The molecule has 1 aromatic carbocycles. The van der Waals surface area contributed by atoms with E-state index < -0.39 is 0 Å². The maximum absolute atomic E-state index is 2.45. The molecule has 0 saturated carbocycles. The largest absolute Gasteiger partial charge is 0.310 e. The second-order valence-electron chi connectivity index (χ2n) is 8.42. The smallest absolute Gasteiger partial charge is 0.120 e. The summed E-state index contributed by atoms with van der Waals surface area (Å²) in [5, 5.41) is 0. The topological polar surface area (TPSA) is 0 Å². The van der Waals surface area contributed by atoms with Crippen molar-refractivity contribution in [2.75, 3.05) is 0 Å². The van der Waals surface area contributed by atoms with Crippen LogP contribution in [0.4, 0.5) is 0 Å². The van der Waals surface area contributed by atoms with Crippen molar-refractivity contribution in [3.63, 3.8) is 0 Å². The molecule has 1 aromatic rings. The first-order chi connectivity index (χ1) is 10.0. The summed E-state index contributed by atoms with van der Waals surface area (Å²) < 4.78 is 1.11. The Kier molecular flexibility index (Phi) is 5.89. The highest BCUT2D eigenvalue weighted by Gasteiger charge is 2.52. The van der Waals surface area contributed by atoms with Crippen LogP contribution in [0.3, 0.4) is 0 Å². The number of rotatable bonds is 6. The van der Waals surface area contributed by atoms with Gasteiger partial charge in [0, 0.05) is 5.56 Å². The van der Waals surface area contributed by atoms with Gasteiger partial charge in [-0.15, -0.1) is 0 Å². The van der Waals surface area contributed by atoms with Crippen LogP contribution < -0.4 is 0 Å². The molecule has 0 heterocycles. The Morgan fingerprint density at radius 2 is 1.14 bits per heavy atom. The summed E-state index contributed by atoms with van der Waals surface area (Å²) in [6, 6.07) is 10.8. The van der Waals surface area contributed by atoms with Crippen LogP contribution >= 0.6 is 0 Å². The monoisotopic (exact) mass is 304 g/mol. The van der Waals surface area contributed by atoms with Crippen molar-refractivity contribution in [3.05, 3.63) is 35.4 Å². The van der Waals surface area contributed by atoms with E-state index in [1.807, 2.05) is 0 Å². The van der Waals surface area contributed by atoms with E-state index in [1.54, 1.807) is 0 Å². The molecule has 0 bridgehead atoms. The molecule has 22 heavy (non-hydrogen) atoms. The SMILES string of the molecule is CC(C)c1ccccc1C(C)(C)[N+](C(C)C)(C(C)C)C(C)C. The van der Waals surface area contributed by atoms with Gasteiger partial charge in [-0.25, -0.2) is 0 Å². The summed E-state index contributed by atoms with van der Waals surface area (Å²) in [6.45, 7) is 23.9. The average molecular weight is 305 g/mol. The summed E-state index contributed by atoms with van der Waals surface area (Å²) in [5.41, 5.74) is 3.09. The van der Waals surface area contributed by atoms with Crippen molar-refractivity contribution in [2.24, 2.45) is 0 Å². The fourth-order valence-corrected chi connectivity index (χ4v) is 5.49. The maximum atomic E-state index is 2.45. The summed E-state index contributed by atoms with van der Waals surface area (Å²) in [4.78, 5) is 0. The van der Waals surface area contributed by atoms with E-state index >= 15 is 0 Å². The quantitative estimate of drug-likeness (QED) is 0.558. The molecule has 0 aromatic heterocycles. The second kappa shape index (κ2) is 6.74. The van der Waals surface area contributed by atoms with Crippen LogP contribution in [-0.2, 0) is 5.54 Å². The van der Waals surface area contributed by atoms with E-state index in [1.165, 1.54) is 11.1 Å². The molecular formula is C21H38N+. The van der Waals surface area contributed by atoms with Gasteiger partial charge < -0.3 is 4.48 Å². The van der Waals surface area contributed by atoms with E-state index in [2.05, 4.69) is 93.5 Å². The van der Waals surface area contributed by atoms with Gasteiger partial charge in [-0.3, -0.25) is 0 Å². The lowest BCUT2D eigenvalue weighted by atomic mass is 9.79. The summed E-state index contributed by atoms with van der Waals surface area (Å²) in [6.07, 6.45) is 0. The summed E-state index contributed by atoms with van der Waals surface area (Å²) in [7, 11) is 0. The van der Waals surface area contributed by atoms with Gasteiger partial charge in [0.25, 0.3) is 0 Å². The Hall–Kier alpha value is -0.820. The van der Waals surface area contributed by atoms with Gasteiger partial charge in [-0.1, -0.05) is 38.1 Å². The van der Waals surface area contributed by atoms with Crippen LogP contribution in [0.15, 0.2) is 24.3 Å². The fourth-order valence-electron chi connectivity index (χ4n) is 5.49. The molecule has 0 unspecified atom stereocenters. The van der Waals surface area contributed by atoms with E-state index in [-0.39, 0.29) is 5.54 Å². The first-order valence-corrected chi connectivity index (χ1v) is 8.98. The lowest BCUT2D eigenvalue weighted by Crippen LogP contribution is -2.70. The Morgan fingerprint density at radius 3 is 1.50 bits per heavy atom. The van der Waals surface area contributed by atoms with Crippen LogP contribution in [0, 0.1) is 0 Å². The number of nitrogens with zero attached hydrogens (tertiary/aromatic N) is 1. The third-order valence-corrected chi connectivity index (χ3v) is 5.77. The van der Waals surface area contributed by atoms with E-state index in [0.717, 1.165) is 4.48 Å². The lowest BCUT2D eigenvalue weighted by Gasteiger charge is -2.59. The van der Waals surface area contributed by atoms with Crippen molar-refractivity contribution in [1.29, 1.82) is 0 Å². The van der Waals surface area contributed by atoms with Crippen molar-refractivity contribution in [2.45, 2.75) is 98.8 Å². The number of hydrogen-bond donors (Lipinski definition) is 0. The highest BCUT2D eigenvalue weighted by atomic mass is 15.5. The van der Waals surface area contributed by atoms with E-state index in [4.69, 9.17) is 0 Å². The Balaban J connectivity index is 3.67. The minimum Gasteiger partial charge on any atom is -0.310 e. The van der Waals surface area contributed by atoms with Crippen molar-refractivity contribution in [1.82, 2.24) is 0 Å². The van der Waals surface area contributed by atoms with Crippen molar-refractivity contribution < 1.29 is 4.48 Å². The normalized spacial score (nSPS) is 13.7. The molecular weight excluding hydrogens is 266 g/mol. The van der Waals surface area contributed by atoms with Gasteiger partial charge in [0.2, 0.25) is 0 Å². The molecule has 126 valence electrons. The van der Waals surface area contributed by atoms with Crippen LogP contribution in [-0.4, -0.2) is 22.6 Å². The molecule has 0 aliphatic carbocycles. The van der Waals surface area contributed by atoms with Crippen molar-refractivity contribution >= 4 is 0 Å². The first-order valence-electron chi connectivity index (χ1n) is 8.98. The molecule has 0 N–H and O–H groups in total. The third kappa shape index (κ3) is 2.85. The predicted molar refractivity (Wildman–Crippen MR) is 99.2 cm³/mol. The number of hydrogen-bond acceptors (Lipinski definition) is 0. The van der Waals surface area contributed by atoms with Gasteiger partial charge in [-0.05, 0) is 66.9 Å². The fraction of sp³-hybridized carbons (Fsp3) is 0.714. The molecule has 0 aliphatic heterocycles. The molecule has 0 spiro atoms. The van der Waals surface area contributed by atoms with Crippen LogP contribution in [0.1, 0.15) is 86.3 Å². The third-order valence-electron chi connectivity index (χ3n) is 5.77. The van der Waals surface area contributed by atoms with Crippen LogP contribution in [0.25, 0.3) is 0 Å². The lowest BCUT2D eigenvalue weighted by molar-refractivity contribution is -1.03. The van der Waals surface area contributed by atoms with Crippen LogP contribution in [0.5, 0.6) is 0 Å². The molecule has 0 radical (unpaired) electrons. The summed E-state index contributed by atoms with van der Waals surface area (Å²) >= 11 is 0. The molecule has 0 atom stereocenters. The zero-order valence-electron chi connectivity index (χ0n) is 16.6. The van der Waals surface area contributed by atoms with Gasteiger partial charge in [0.1, 0.15) is 5.54 Å². The summed E-state index contributed by atoms with van der Waals surface area (Å²) in [5.74, 6) is 0.559. The second-order valence-corrected chi connectivity index (χ2v) is 8.42. The number of benzene rings is 1. The Morgan fingerprint density at radius 1 is 0.727 bits per heavy atom. The van der Waals surface area contributed by atoms with Crippen LogP contribution in [0.2, 0.25) is 0 Å². The zero-order valence-corrected chi connectivity index (χ0v) is 16.6. The standard InChI is InChI=1S/C21H38N/c1-15(2)19-13-11-12-14-20(19)21(9,10)22(16(3)4,17(5)6)18(7)8/h11-18H,1-10H3/q+1. The number of quaternary nitrogens is 1. The van der Waals surface area contributed by atoms with Gasteiger partial charge in [0.15, 0.2) is 0 Å². The minimum atomic E-state index is 0.0807. The zero-order chi connectivity index (χ0) is 17.3. The Bertz CT molecular complexity index is 459.